The van der Waals surface area contributed by atoms with Crippen LogP contribution in [-0.2, 0) is 0 Å². The average Bonchev–Trinajstić information content (AvgIpc) is 2.67. The smallest absolute Gasteiger partial charge is 0.270 e. The second-order valence-electron chi connectivity index (χ2n) is 5.20. The fourth-order valence-corrected chi connectivity index (χ4v) is 2.36. The highest BCUT2D eigenvalue weighted by Crippen LogP contribution is 2.21. The molecule has 1 aromatic heterocycles. The summed E-state index contributed by atoms with van der Waals surface area (Å²) in [5.74, 6) is -0.395. The zero-order valence-corrected chi connectivity index (χ0v) is 14.0. The van der Waals surface area contributed by atoms with E-state index in [4.69, 9.17) is 11.6 Å². The summed E-state index contributed by atoms with van der Waals surface area (Å²) in [6, 6.07) is 16.9. The van der Waals surface area contributed by atoms with Gasteiger partial charge in [-0.3, -0.25) is 25.4 Å². The lowest BCUT2D eigenvalue weighted by atomic mass is 10.1. The Morgan fingerprint density at radius 1 is 1.12 bits per heavy atom. The van der Waals surface area contributed by atoms with Crippen LogP contribution in [0.2, 0.25) is 5.02 Å². The van der Waals surface area contributed by atoms with E-state index in [1.54, 1.807) is 54.6 Å². The molecule has 1 amide bonds. The summed E-state index contributed by atoms with van der Waals surface area (Å²) in [4.78, 5) is 30.8. The second kappa shape index (κ2) is 7.51. The number of nitrogens with one attached hydrogen (secondary N) is 3. The maximum absolute atomic E-state index is 12.1. The first kappa shape index (κ1) is 17.2. The maximum Gasteiger partial charge on any atom is 0.270 e. The summed E-state index contributed by atoms with van der Waals surface area (Å²) >= 11 is 5.86. The number of nitriles is 1. The molecule has 0 aliphatic carbocycles. The number of aromatic amines is 1. The van der Waals surface area contributed by atoms with Crippen molar-refractivity contribution in [1.82, 2.24) is 15.4 Å². The average molecular weight is 366 g/mol. The van der Waals surface area contributed by atoms with Crippen molar-refractivity contribution in [1.29, 1.82) is 5.26 Å². The molecule has 0 aliphatic rings. The van der Waals surface area contributed by atoms with Crippen LogP contribution in [0.3, 0.4) is 0 Å². The minimum absolute atomic E-state index is 0.00299. The number of nitrogens with zero attached hydrogens (tertiary/aromatic N) is 2. The van der Waals surface area contributed by atoms with Crippen molar-refractivity contribution < 1.29 is 4.79 Å². The molecule has 0 bridgehead atoms. The van der Waals surface area contributed by atoms with Gasteiger partial charge in [0.2, 0.25) is 5.95 Å². The molecule has 1 heterocycles. The van der Waals surface area contributed by atoms with E-state index >= 15 is 0 Å². The van der Waals surface area contributed by atoms with Gasteiger partial charge in [-0.05, 0) is 24.3 Å². The van der Waals surface area contributed by atoms with E-state index in [0.29, 0.717) is 16.1 Å². The normalized spacial score (nSPS) is 10.0. The van der Waals surface area contributed by atoms with Crippen molar-refractivity contribution in [2.75, 3.05) is 5.43 Å². The number of rotatable bonds is 4. The van der Waals surface area contributed by atoms with Crippen molar-refractivity contribution in [2.24, 2.45) is 0 Å². The molecule has 3 N–H and O–H groups in total. The van der Waals surface area contributed by atoms with E-state index in [1.807, 2.05) is 6.07 Å². The third-order valence-electron chi connectivity index (χ3n) is 3.48. The van der Waals surface area contributed by atoms with Crippen LogP contribution in [0.15, 0.2) is 59.4 Å². The quantitative estimate of drug-likeness (QED) is 0.615. The summed E-state index contributed by atoms with van der Waals surface area (Å²) in [6.07, 6.45) is 0. The number of anilines is 1. The Morgan fingerprint density at radius 3 is 2.46 bits per heavy atom. The SMILES string of the molecule is N#Cc1c(-c2ccc(Cl)cc2)nc(NNC(=O)c2ccccc2)[nH]c1=O. The Kier molecular flexibility index (Phi) is 4.97. The summed E-state index contributed by atoms with van der Waals surface area (Å²) in [5.41, 5.74) is 5.42. The van der Waals surface area contributed by atoms with E-state index < -0.39 is 11.5 Å². The van der Waals surface area contributed by atoms with Gasteiger partial charge in [-0.25, -0.2) is 4.98 Å². The molecule has 0 saturated carbocycles. The molecule has 3 aromatic rings. The minimum Gasteiger partial charge on any atom is -0.290 e. The van der Waals surface area contributed by atoms with Crippen molar-refractivity contribution in [3.63, 3.8) is 0 Å². The Bertz CT molecular complexity index is 1040. The van der Waals surface area contributed by atoms with Crippen LogP contribution in [0.5, 0.6) is 0 Å². The van der Waals surface area contributed by atoms with Gasteiger partial charge in [0.1, 0.15) is 11.6 Å². The third kappa shape index (κ3) is 3.71. The van der Waals surface area contributed by atoms with Gasteiger partial charge in [0.25, 0.3) is 11.5 Å². The molecule has 0 unspecified atom stereocenters. The lowest BCUT2D eigenvalue weighted by molar-refractivity contribution is 0.0962. The van der Waals surface area contributed by atoms with Crippen LogP contribution in [0.1, 0.15) is 15.9 Å². The van der Waals surface area contributed by atoms with Crippen LogP contribution in [0, 0.1) is 11.3 Å². The lowest BCUT2D eigenvalue weighted by Crippen LogP contribution is -2.31. The molecule has 2 aromatic carbocycles. The van der Waals surface area contributed by atoms with Gasteiger partial charge in [-0.1, -0.05) is 41.9 Å². The van der Waals surface area contributed by atoms with Crippen LogP contribution >= 0.6 is 11.6 Å². The summed E-state index contributed by atoms with van der Waals surface area (Å²) < 4.78 is 0. The number of aromatic nitrogens is 2. The van der Waals surface area contributed by atoms with Gasteiger partial charge in [0, 0.05) is 16.1 Å². The zero-order valence-electron chi connectivity index (χ0n) is 13.3. The van der Waals surface area contributed by atoms with Gasteiger partial charge in [0.15, 0.2) is 0 Å². The number of hydrogen-bond acceptors (Lipinski definition) is 5. The molecule has 0 spiro atoms. The largest absolute Gasteiger partial charge is 0.290 e. The Morgan fingerprint density at radius 2 is 1.81 bits per heavy atom. The Hall–Kier alpha value is -3.63. The van der Waals surface area contributed by atoms with Crippen LogP contribution < -0.4 is 16.4 Å². The zero-order chi connectivity index (χ0) is 18.5. The fourth-order valence-electron chi connectivity index (χ4n) is 2.23. The number of halogens is 1. The minimum atomic E-state index is -0.621. The van der Waals surface area contributed by atoms with Gasteiger partial charge >= 0.3 is 0 Å². The number of carbonyl (C=O) groups is 1. The molecule has 0 radical (unpaired) electrons. The number of amides is 1. The van der Waals surface area contributed by atoms with Crippen molar-refractivity contribution >= 4 is 23.5 Å². The monoisotopic (exact) mass is 365 g/mol. The maximum atomic E-state index is 12.1. The molecule has 0 aliphatic heterocycles. The van der Waals surface area contributed by atoms with Gasteiger partial charge in [0.05, 0.1) is 5.69 Å². The van der Waals surface area contributed by atoms with Crippen molar-refractivity contribution in [3.05, 3.63) is 81.1 Å². The number of hydrazine groups is 1. The Labute approximate surface area is 153 Å². The third-order valence-corrected chi connectivity index (χ3v) is 3.73. The predicted octanol–water partition coefficient (Wildman–Crippen LogP) is 2.72. The van der Waals surface area contributed by atoms with E-state index in [1.165, 1.54) is 0 Å². The molecular formula is C18H12ClN5O2. The number of hydrogen-bond donors (Lipinski definition) is 3. The highest BCUT2D eigenvalue weighted by Gasteiger charge is 2.14. The van der Waals surface area contributed by atoms with Gasteiger partial charge < -0.3 is 0 Å². The molecule has 0 atom stereocenters. The van der Waals surface area contributed by atoms with Crippen LogP contribution in [0.25, 0.3) is 11.3 Å². The summed E-state index contributed by atoms with van der Waals surface area (Å²) in [5, 5.41) is 9.77. The van der Waals surface area contributed by atoms with Crippen LogP contribution in [0.4, 0.5) is 5.95 Å². The van der Waals surface area contributed by atoms with Crippen LogP contribution in [-0.4, -0.2) is 15.9 Å². The second-order valence-corrected chi connectivity index (χ2v) is 5.64. The fraction of sp³-hybridized carbons (Fsp3) is 0. The first-order valence-corrected chi connectivity index (χ1v) is 7.88. The van der Waals surface area contributed by atoms with E-state index in [-0.39, 0.29) is 17.2 Å². The molecule has 128 valence electrons. The predicted molar refractivity (Wildman–Crippen MR) is 97.5 cm³/mol. The van der Waals surface area contributed by atoms with Crippen molar-refractivity contribution in [2.45, 2.75) is 0 Å². The van der Waals surface area contributed by atoms with Gasteiger partial charge in [-0.15, -0.1) is 0 Å². The molecule has 3 rings (SSSR count). The highest BCUT2D eigenvalue weighted by atomic mass is 35.5. The standard InChI is InChI=1S/C18H12ClN5O2/c19-13-8-6-11(7-9-13)15-14(10-20)17(26)22-18(21-15)24-23-16(25)12-4-2-1-3-5-12/h1-9H,(H,23,25)(H2,21,22,24,26). The molecule has 8 heteroatoms. The van der Waals surface area contributed by atoms with E-state index in [0.717, 1.165) is 0 Å². The molecular weight excluding hydrogens is 354 g/mol. The summed E-state index contributed by atoms with van der Waals surface area (Å²) in [7, 11) is 0. The first-order chi connectivity index (χ1) is 12.6. The van der Waals surface area contributed by atoms with E-state index in [2.05, 4.69) is 20.8 Å². The highest BCUT2D eigenvalue weighted by molar-refractivity contribution is 6.30. The van der Waals surface area contributed by atoms with Crippen molar-refractivity contribution in [3.8, 4) is 17.3 Å². The number of H-pyrrole nitrogens is 1. The van der Waals surface area contributed by atoms with E-state index in [9.17, 15) is 14.9 Å². The Balaban J connectivity index is 1.89. The molecule has 0 fully saturated rings. The summed E-state index contributed by atoms with van der Waals surface area (Å²) in [6.45, 7) is 0. The molecule has 0 saturated heterocycles. The number of benzene rings is 2. The first-order valence-electron chi connectivity index (χ1n) is 7.50. The number of carbonyl (C=O) groups excluding carboxylic acids is 1. The molecule has 26 heavy (non-hydrogen) atoms. The lowest BCUT2D eigenvalue weighted by Gasteiger charge is -2.10. The molecule has 7 nitrogen and oxygen atoms in total. The topological polar surface area (TPSA) is 111 Å². The van der Waals surface area contributed by atoms with Gasteiger partial charge in [-0.2, -0.15) is 5.26 Å².